The average molecular weight is 396 g/mol. The highest BCUT2D eigenvalue weighted by Crippen LogP contribution is 2.33. The normalized spacial score (nSPS) is 11.3. The van der Waals surface area contributed by atoms with E-state index in [0.717, 1.165) is 12.1 Å². The lowest BCUT2D eigenvalue weighted by Crippen LogP contribution is -2.16. The summed E-state index contributed by atoms with van der Waals surface area (Å²) >= 11 is 0. The van der Waals surface area contributed by atoms with Gasteiger partial charge in [-0.2, -0.15) is 14.0 Å². The highest BCUT2D eigenvalue weighted by Gasteiger charge is 2.31. The van der Waals surface area contributed by atoms with Crippen molar-refractivity contribution in [2.45, 2.75) is 13.0 Å². The predicted octanol–water partition coefficient (Wildman–Crippen LogP) is 4.51. The zero-order chi connectivity index (χ0) is 20.3. The first-order valence-electron chi connectivity index (χ1n) is 7.53. The second-order valence-electron chi connectivity index (χ2n) is 5.34. The lowest BCUT2D eigenvalue weighted by molar-refractivity contribution is -0.274. The number of ether oxygens (including phenoxy) is 2. The maximum absolute atomic E-state index is 12.7. The smallest absolute Gasteiger partial charge is 0.435 e. The van der Waals surface area contributed by atoms with Gasteiger partial charge in [0.15, 0.2) is 5.69 Å². The van der Waals surface area contributed by atoms with E-state index in [9.17, 15) is 22.0 Å². The summed E-state index contributed by atoms with van der Waals surface area (Å²) in [6.07, 6.45) is -4.83. The van der Waals surface area contributed by atoms with Crippen molar-refractivity contribution in [3.8, 4) is 40.0 Å². The van der Waals surface area contributed by atoms with Crippen LogP contribution in [-0.4, -0.2) is 28.4 Å². The quantitative estimate of drug-likeness (QED) is 0.642. The molecule has 3 rings (SSSR count). The van der Waals surface area contributed by atoms with Crippen molar-refractivity contribution in [3.63, 3.8) is 0 Å². The van der Waals surface area contributed by atoms with Gasteiger partial charge >= 0.3 is 13.0 Å². The minimum atomic E-state index is -4.83. The molecule has 0 unspecified atom stereocenters. The van der Waals surface area contributed by atoms with Crippen LogP contribution in [0.15, 0.2) is 42.5 Å². The van der Waals surface area contributed by atoms with E-state index in [0.29, 0.717) is 11.1 Å². The maximum Gasteiger partial charge on any atom is 0.573 e. The minimum absolute atomic E-state index is 0.00840. The van der Waals surface area contributed by atoms with E-state index in [2.05, 4.69) is 24.9 Å². The molecule has 3 aromatic rings. The summed E-state index contributed by atoms with van der Waals surface area (Å²) in [6, 6.07) is 10.7. The Morgan fingerprint density at radius 3 is 2.25 bits per heavy atom. The molecule has 0 aliphatic heterocycles. The molecule has 1 N–H and O–H groups in total. The summed E-state index contributed by atoms with van der Waals surface area (Å²) in [4.78, 5) is 0. The predicted molar refractivity (Wildman–Crippen MR) is 85.3 cm³/mol. The Morgan fingerprint density at radius 1 is 0.964 bits per heavy atom. The number of rotatable bonds is 5. The number of hydrogen-bond acceptors (Lipinski definition) is 5. The number of nitrogens with zero attached hydrogens (tertiary/aromatic N) is 3. The van der Waals surface area contributed by atoms with Crippen molar-refractivity contribution in [3.05, 3.63) is 48.2 Å². The first kappa shape index (κ1) is 19.1. The van der Waals surface area contributed by atoms with Crippen molar-refractivity contribution >= 4 is 0 Å². The third kappa shape index (κ3) is 4.53. The second-order valence-corrected chi connectivity index (χ2v) is 5.34. The van der Waals surface area contributed by atoms with Gasteiger partial charge in [0.25, 0.3) is 0 Å². The molecule has 0 radical (unpaired) electrons. The average Bonchev–Trinajstić information content (AvgIpc) is 3.09. The zero-order valence-corrected chi connectivity index (χ0v) is 13.7. The van der Waals surface area contributed by atoms with Crippen LogP contribution >= 0.6 is 0 Å². The second kappa shape index (κ2) is 7.51. The molecule has 0 saturated heterocycles. The number of nitriles is 1. The molecule has 0 fully saturated rings. The van der Waals surface area contributed by atoms with Gasteiger partial charge in [0, 0.05) is 5.56 Å². The number of halogens is 5. The Hall–Kier alpha value is -3.68. The summed E-state index contributed by atoms with van der Waals surface area (Å²) < 4.78 is 70.3. The number of aromatic amines is 1. The molecule has 1 aromatic heterocycles. The van der Waals surface area contributed by atoms with Crippen LogP contribution in [0.3, 0.4) is 0 Å². The molecule has 6 nitrogen and oxygen atoms in total. The zero-order valence-electron chi connectivity index (χ0n) is 13.7. The third-order valence-electron chi connectivity index (χ3n) is 3.49. The lowest BCUT2D eigenvalue weighted by atomic mass is 10.0. The third-order valence-corrected chi connectivity index (χ3v) is 3.49. The number of H-pyrrole nitrogens is 1. The summed E-state index contributed by atoms with van der Waals surface area (Å²) in [7, 11) is 0. The monoisotopic (exact) mass is 396 g/mol. The fourth-order valence-corrected chi connectivity index (χ4v) is 2.43. The molecule has 0 saturated carbocycles. The van der Waals surface area contributed by atoms with Gasteiger partial charge in [0.05, 0.1) is 0 Å². The molecular weight excluding hydrogens is 387 g/mol. The molecule has 0 aliphatic carbocycles. The first-order valence-corrected chi connectivity index (χ1v) is 7.53. The Balaban J connectivity index is 2.02. The van der Waals surface area contributed by atoms with E-state index >= 15 is 0 Å². The van der Waals surface area contributed by atoms with E-state index < -0.39 is 18.7 Å². The van der Waals surface area contributed by atoms with Crippen LogP contribution in [0.25, 0.3) is 22.4 Å². The molecule has 0 atom stereocenters. The minimum Gasteiger partial charge on any atom is -0.435 e. The largest absolute Gasteiger partial charge is 0.573 e. The molecule has 0 spiro atoms. The summed E-state index contributed by atoms with van der Waals surface area (Å²) in [5.74, 6) is -0.648. The molecule has 28 heavy (non-hydrogen) atoms. The van der Waals surface area contributed by atoms with Crippen LogP contribution in [0.1, 0.15) is 5.69 Å². The van der Waals surface area contributed by atoms with Crippen molar-refractivity contribution in [2.24, 2.45) is 0 Å². The van der Waals surface area contributed by atoms with Gasteiger partial charge in [0.1, 0.15) is 23.3 Å². The number of aromatic nitrogens is 3. The topological polar surface area (TPSA) is 83.8 Å². The molecule has 0 aliphatic rings. The van der Waals surface area contributed by atoms with Crippen molar-refractivity contribution in [2.75, 3.05) is 0 Å². The Labute approximate surface area is 154 Å². The highest BCUT2D eigenvalue weighted by molar-refractivity contribution is 5.75. The lowest BCUT2D eigenvalue weighted by Gasteiger charge is -2.12. The SMILES string of the molecule is N#Cc1[nH]nnc1-c1cc(OC(F)F)cc(-c2ccc(OC(F)(F)F)cc2)c1. The Morgan fingerprint density at radius 2 is 1.64 bits per heavy atom. The van der Waals surface area contributed by atoms with E-state index in [1.807, 2.05) is 6.07 Å². The molecular formula is C17H9F5N4O2. The number of benzene rings is 2. The van der Waals surface area contributed by atoms with Gasteiger partial charge in [-0.05, 0) is 41.5 Å². The van der Waals surface area contributed by atoms with Gasteiger partial charge in [-0.25, -0.2) is 5.10 Å². The van der Waals surface area contributed by atoms with Crippen LogP contribution in [-0.2, 0) is 0 Å². The fraction of sp³-hybridized carbons (Fsp3) is 0.118. The molecule has 144 valence electrons. The van der Waals surface area contributed by atoms with Crippen molar-refractivity contribution in [1.29, 1.82) is 5.26 Å². The van der Waals surface area contributed by atoms with E-state index in [-0.39, 0.29) is 22.7 Å². The highest BCUT2D eigenvalue weighted by atomic mass is 19.4. The van der Waals surface area contributed by atoms with Gasteiger partial charge in [0.2, 0.25) is 0 Å². The Bertz CT molecular complexity index is 1010. The number of nitrogens with one attached hydrogen (secondary N) is 1. The van der Waals surface area contributed by atoms with E-state index in [4.69, 9.17) is 5.26 Å². The summed E-state index contributed by atoms with van der Waals surface area (Å²) in [5, 5.41) is 18.7. The van der Waals surface area contributed by atoms with Gasteiger partial charge in [-0.3, -0.25) is 0 Å². The molecule has 11 heteroatoms. The van der Waals surface area contributed by atoms with E-state index in [1.165, 1.54) is 30.3 Å². The fourth-order valence-electron chi connectivity index (χ4n) is 2.43. The summed E-state index contributed by atoms with van der Waals surface area (Å²) in [6.45, 7) is -3.10. The van der Waals surface area contributed by atoms with Crippen LogP contribution in [0.4, 0.5) is 22.0 Å². The molecule has 0 amide bonds. The summed E-state index contributed by atoms with van der Waals surface area (Å²) in [5.41, 5.74) is 1.12. The number of alkyl halides is 5. The molecule has 0 bridgehead atoms. The van der Waals surface area contributed by atoms with Gasteiger partial charge < -0.3 is 9.47 Å². The molecule has 1 heterocycles. The van der Waals surface area contributed by atoms with E-state index in [1.54, 1.807) is 0 Å². The molecule has 2 aromatic carbocycles. The van der Waals surface area contributed by atoms with Crippen molar-refractivity contribution in [1.82, 2.24) is 15.4 Å². The van der Waals surface area contributed by atoms with Crippen LogP contribution < -0.4 is 9.47 Å². The van der Waals surface area contributed by atoms with Crippen molar-refractivity contribution < 1.29 is 31.4 Å². The standard InChI is InChI=1S/C17H9F5N4O2/c18-16(19)27-13-6-10(5-11(7-13)15-14(8-23)24-26-25-15)9-1-3-12(4-2-9)28-17(20,21)22/h1-7,16H,(H,24,25,26). The number of hydrogen-bond donors (Lipinski definition) is 1. The first-order chi connectivity index (χ1) is 13.2. The van der Waals surface area contributed by atoms with Crippen LogP contribution in [0, 0.1) is 11.3 Å². The van der Waals surface area contributed by atoms with Gasteiger partial charge in [-0.15, -0.1) is 18.3 Å². The van der Waals surface area contributed by atoms with Crippen LogP contribution in [0.5, 0.6) is 11.5 Å². The maximum atomic E-state index is 12.7. The Kier molecular flexibility index (Phi) is 5.12. The van der Waals surface area contributed by atoms with Gasteiger partial charge in [-0.1, -0.05) is 17.3 Å². The van der Waals surface area contributed by atoms with Crippen LogP contribution in [0.2, 0.25) is 0 Å².